The average molecular weight is 435 g/mol. The Hall–Kier alpha value is -4.30. The number of benzene rings is 5. The zero-order valence-electron chi connectivity index (χ0n) is 18.6. The number of nitrogens with one attached hydrogen (secondary N) is 1. The van der Waals surface area contributed by atoms with Crippen LogP contribution in [-0.4, -0.2) is 9.55 Å². The molecule has 5 aromatic carbocycles. The zero-order valence-corrected chi connectivity index (χ0v) is 18.6. The highest BCUT2D eigenvalue weighted by atomic mass is 15.0. The maximum Gasteiger partial charge on any atom is 0.0702 e. The van der Waals surface area contributed by atoms with Gasteiger partial charge in [0.25, 0.3) is 0 Å². The number of aromatic amines is 1. The van der Waals surface area contributed by atoms with Crippen LogP contribution in [-0.2, 0) is 0 Å². The van der Waals surface area contributed by atoms with Gasteiger partial charge in [0.2, 0.25) is 0 Å². The smallest absolute Gasteiger partial charge is 0.0702 e. The minimum absolute atomic E-state index is 0.171. The molecule has 0 saturated carbocycles. The Morgan fingerprint density at radius 3 is 2.03 bits per heavy atom. The van der Waals surface area contributed by atoms with Gasteiger partial charge in [0.15, 0.2) is 0 Å². The van der Waals surface area contributed by atoms with E-state index in [0.29, 0.717) is 0 Å². The highest BCUT2D eigenvalue weighted by Gasteiger charge is 2.37. The monoisotopic (exact) mass is 434 g/mol. The third kappa shape index (κ3) is 2.25. The lowest BCUT2D eigenvalue weighted by molar-refractivity contribution is 0.587. The number of hydrogen-bond donors (Lipinski definition) is 1. The molecule has 0 fully saturated rings. The Morgan fingerprint density at radius 2 is 1.21 bits per heavy atom. The molecule has 1 N–H and O–H groups in total. The molecule has 0 saturated heterocycles. The third-order valence-corrected chi connectivity index (χ3v) is 7.72. The first-order chi connectivity index (χ1) is 16.9. The summed E-state index contributed by atoms with van der Waals surface area (Å²) in [6.07, 6.45) is 0. The van der Waals surface area contributed by atoms with E-state index in [-0.39, 0.29) is 12.0 Å². The van der Waals surface area contributed by atoms with Gasteiger partial charge in [-0.2, -0.15) is 0 Å². The van der Waals surface area contributed by atoms with Crippen molar-refractivity contribution in [3.05, 3.63) is 132 Å². The Labute approximate surface area is 197 Å². The van der Waals surface area contributed by atoms with E-state index >= 15 is 0 Å². The molecule has 2 atom stereocenters. The molecule has 2 nitrogen and oxygen atoms in total. The lowest BCUT2D eigenvalue weighted by atomic mass is 9.83. The predicted molar refractivity (Wildman–Crippen MR) is 142 cm³/mol. The van der Waals surface area contributed by atoms with Crippen LogP contribution in [0, 0.1) is 0 Å². The summed E-state index contributed by atoms with van der Waals surface area (Å²) in [7, 11) is 0. The number of hydrogen-bond acceptors (Lipinski definition) is 0. The number of aromatic nitrogens is 2. The Balaban J connectivity index is 1.66. The molecule has 2 aromatic heterocycles. The van der Waals surface area contributed by atoms with Crippen LogP contribution in [0.4, 0.5) is 0 Å². The molecule has 0 bridgehead atoms. The van der Waals surface area contributed by atoms with Crippen molar-refractivity contribution in [3.63, 3.8) is 0 Å². The van der Waals surface area contributed by atoms with Gasteiger partial charge in [-0.1, -0.05) is 97.1 Å². The first-order valence-corrected chi connectivity index (χ1v) is 12.0. The Morgan fingerprint density at radius 1 is 0.529 bits per heavy atom. The molecule has 0 aliphatic carbocycles. The highest BCUT2D eigenvalue weighted by Crippen LogP contribution is 2.52. The number of H-pyrrole nitrogens is 1. The first kappa shape index (κ1) is 18.2. The zero-order chi connectivity index (χ0) is 22.2. The molecule has 1 aliphatic heterocycles. The topological polar surface area (TPSA) is 20.7 Å². The van der Waals surface area contributed by atoms with E-state index < -0.39 is 0 Å². The molecule has 3 heterocycles. The normalized spacial score (nSPS) is 17.4. The van der Waals surface area contributed by atoms with Crippen LogP contribution in [0.15, 0.2) is 115 Å². The number of nitrogens with zero attached hydrogens (tertiary/aromatic N) is 1. The van der Waals surface area contributed by atoms with Gasteiger partial charge < -0.3 is 9.55 Å². The van der Waals surface area contributed by atoms with E-state index in [1.807, 2.05) is 0 Å². The molecular weight excluding hydrogens is 412 g/mol. The average Bonchev–Trinajstić information content (AvgIpc) is 3.41. The van der Waals surface area contributed by atoms with Crippen molar-refractivity contribution in [2.75, 3.05) is 0 Å². The van der Waals surface area contributed by atoms with Crippen LogP contribution < -0.4 is 0 Å². The molecule has 2 unspecified atom stereocenters. The van der Waals surface area contributed by atoms with Crippen molar-refractivity contribution in [2.24, 2.45) is 0 Å². The van der Waals surface area contributed by atoms with Gasteiger partial charge in [-0.15, -0.1) is 0 Å². The van der Waals surface area contributed by atoms with Crippen molar-refractivity contribution < 1.29 is 0 Å². The van der Waals surface area contributed by atoms with E-state index in [0.717, 1.165) is 0 Å². The summed E-state index contributed by atoms with van der Waals surface area (Å²) in [5.74, 6) is 0.242. The van der Waals surface area contributed by atoms with Crippen LogP contribution in [0.1, 0.15) is 28.7 Å². The van der Waals surface area contributed by atoms with Crippen LogP contribution >= 0.6 is 0 Å². The second kappa shape index (κ2) is 6.61. The summed E-state index contributed by atoms with van der Waals surface area (Å²) in [5.41, 5.74) is 9.15. The van der Waals surface area contributed by atoms with E-state index in [9.17, 15) is 0 Å². The molecule has 8 rings (SSSR count). The lowest BCUT2D eigenvalue weighted by Crippen LogP contribution is -2.14. The molecule has 1 aliphatic rings. The number of fused-ring (bicyclic) bond motifs is 3. The van der Waals surface area contributed by atoms with E-state index in [1.165, 1.54) is 60.3 Å². The summed E-state index contributed by atoms with van der Waals surface area (Å²) in [6.45, 7) is 0. The minimum atomic E-state index is 0.171. The fourth-order valence-corrected chi connectivity index (χ4v) is 6.42. The van der Waals surface area contributed by atoms with Crippen molar-refractivity contribution in [3.8, 4) is 0 Å². The summed E-state index contributed by atoms with van der Waals surface area (Å²) in [6, 6.07) is 42.5. The molecule has 0 spiro atoms. The Bertz CT molecular complexity index is 1860. The van der Waals surface area contributed by atoms with Crippen LogP contribution in [0.3, 0.4) is 0 Å². The van der Waals surface area contributed by atoms with Crippen LogP contribution in [0.25, 0.3) is 43.6 Å². The van der Waals surface area contributed by atoms with Crippen molar-refractivity contribution in [2.45, 2.75) is 12.0 Å². The maximum atomic E-state index is 3.72. The van der Waals surface area contributed by atoms with E-state index in [4.69, 9.17) is 0 Å². The third-order valence-electron chi connectivity index (χ3n) is 7.72. The highest BCUT2D eigenvalue weighted by molar-refractivity contribution is 6.27. The lowest BCUT2D eigenvalue weighted by Gasteiger charge is -2.25. The van der Waals surface area contributed by atoms with Crippen LogP contribution in [0.2, 0.25) is 0 Å². The molecule has 34 heavy (non-hydrogen) atoms. The SMILES string of the molecule is c1ccc(C2c3ccc4[nH]c5cccc6c7ccccc7n(c3c4c56)C2c2ccccc2)cc1. The molecular formula is C32H22N2. The number of rotatable bonds is 2. The van der Waals surface area contributed by atoms with Gasteiger partial charge >= 0.3 is 0 Å². The number of para-hydroxylation sites is 1. The van der Waals surface area contributed by atoms with Crippen LogP contribution in [0.5, 0.6) is 0 Å². The summed E-state index contributed by atoms with van der Waals surface area (Å²) in [5, 5.41) is 5.29. The Kier molecular flexibility index (Phi) is 3.53. The van der Waals surface area contributed by atoms with Gasteiger partial charge in [0.05, 0.1) is 11.6 Å². The molecule has 0 radical (unpaired) electrons. The van der Waals surface area contributed by atoms with Gasteiger partial charge in [0.1, 0.15) is 0 Å². The second-order valence-corrected chi connectivity index (χ2v) is 9.41. The fourth-order valence-electron chi connectivity index (χ4n) is 6.42. The minimum Gasteiger partial charge on any atom is -0.354 e. The largest absolute Gasteiger partial charge is 0.354 e. The van der Waals surface area contributed by atoms with Gasteiger partial charge in [-0.05, 0) is 40.3 Å². The van der Waals surface area contributed by atoms with Crippen molar-refractivity contribution in [1.29, 1.82) is 0 Å². The first-order valence-electron chi connectivity index (χ1n) is 12.0. The quantitative estimate of drug-likeness (QED) is 0.283. The summed E-state index contributed by atoms with van der Waals surface area (Å²) >= 11 is 0. The van der Waals surface area contributed by atoms with Gasteiger partial charge in [0, 0.05) is 38.6 Å². The standard InChI is InChI=1S/C32H22N2/c1-3-10-20(11-4-1)28-24-18-19-26-30-29-23(15-9-16-25(29)33-26)22-14-7-8-17-27(22)34(32(24)30)31(28)21-12-5-2-6-13-21/h1-19,28,31,33H. The van der Waals surface area contributed by atoms with Gasteiger partial charge in [-0.25, -0.2) is 0 Å². The molecule has 160 valence electrons. The molecule has 7 aromatic rings. The maximum absolute atomic E-state index is 3.72. The summed E-state index contributed by atoms with van der Waals surface area (Å²) < 4.78 is 2.63. The fraction of sp³-hybridized carbons (Fsp3) is 0.0625. The molecule has 0 amide bonds. The van der Waals surface area contributed by atoms with E-state index in [1.54, 1.807) is 0 Å². The van der Waals surface area contributed by atoms with Gasteiger partial charge in [-0.3, -0.25) is 0 Å². The summed E-state index contributed by atoms with van der Waals surface area (Å²) in [4.78, 5) is 3.72. The van der Waals surface area contributed by atoms with E-state index in [2.05, 4.69) is 125 Å². The van der Waals surface area contributed by atoms with Crippen molar-refractivity contribution in [1.82, 2.24) is 9.55 Å². The molecule has 2 heteroatoms. The van der Waals surface area contributed by atoms with Crippen molar-refractivity contribution >= 4 is 43.6 Å². The second-order valence-electron chi connectivity index (χ2n) is 9.41. The predicted octanol–water partition coefficient (Wildman–Crippen LogP) is 8.16.